The number of H-pyrrole nitrogens is 1. The molecule has 0 atom stereocenters. The van der Waals surface area contributed by atoms with Gasteiger partial charge in [0.1, 0.15) is 17.3 Å². The molecule has 1 N–H and O–H groups in total. The normalized spacial score (nSPS) is 11.6. The van der Waals surface area contributed by atoms with Gasteiger partial charge in [0.25, 0.3) is 5.56 Å². The SMILES string of the molecule is Cc1nc2cc(-c3cc(CS(C)(=O)=O)ccc3Oc3ccc(F)cc3F)ccc2[nH]c1=O. The van der Waals surface area contributed by atoms with E-state index in [1.807, 2.05) is 0 Å². The number of aromatic nitrogens is 2. The average molecular weight is 456 g/mol. The summed E-state index contributed by atoms with van der Waals surface area (Å²) in [4.78, 5) is 18.9. The minimum absolute atomic E-state index is 0.178. The second-order valence-corrected chi connectivity index (χ2v) is 9.60. The number of ether oxygens (including phenoxy) is 1. The summed E-state index contributed by atoms with van der Waals surface area (Å²) in [5.41, 5.74) is 2.67. The highest BCUT2D eigenvalue weighted by atomic mass is 32.2. The molecule has 0 aliphatic rings. The fourth-order valence-electron chi connectivity index (χ4n) is 3.30. The predicted octanol–water partition coefficient (Wildman–Crippen LogP) is 4.51. The van der Waals surface area contributed by atoms with Crippen molar-refractivity contribution in [1.82, 2.24) is 9.97 Å². The zero-order valence-electron chi connectivity index (χ0n) is 17.1. The second kappa shape index (κ2) is 8.16. The van der Waals surface area contributed by atoms with Crippen molar-refractivity contribution in [3.8, 4) is 22.6 Å². The molecule has 164 valence electrons. The molecule has 0 radical (unpaired) electrons. The molecule has 0 spiro atoms. The highest BCUT2D eigenvalue weighted by Gasteiger charge is 2.15. The third kappa shape index (κ3) is 4.67. The molecule has 0 saturated heterocycles. The van der Waals surface area contributed by atoms with Crippen LogP contribution in [0.1, 0.15) is 11.3 Å². The van der Waals surface area contributed by atoms with Gasteiger partial charge in [-0.25, -0.2) is 22.2 Å². The van der Waals surface area contributed by atoms with Gasteiger partial charge in [-0.2, -0.15) is 0 Å². The van der Waals surface area contributed by atoms with Crippen molar-refractivity contribution < 1.29 is 21.9 Å². The number of sulfone groups is 1. The molecule has 3 aromatic carbocycles. The maximum Gasteiger partial charge on any atom is 0.269 e. The van der Waals surface area contributed by atoms with Crippen LogP contribution in [0.4, 0.5) is 8.78 Å². The van der Waals surface area contributed by atoms with E-state index >= 15 is 0 Å². The van der Waals surface area contributed by atoms with Crippen LogP contribution < -0.4 is 10.3 Å². The van der Waals surface area contributed by atoms with Crippen LogP contribution in [0.25, 0.3) is 22.2 Å². The molecule has 9 heteroatoms. The monoisotopic (exact) mass is 456 g/mol. The van der Waals surface area contributed by atoms with Crippen LogP contribution in [-0.4, -0.2) is 24.6 Å². The molecule has 6 nitrogen and oxygen atoms in total. The van der Waals surface area contributed by atoms with Crippen LogP contribution >= 0.6 is 0 Å². The molecule has 4 aromatic rings. The number of halogens is 2. The number of aromatic amines is 1. The van der Waals surface area contributed by atoms with Gasteiger partial charge in [0.15, 0.2) is 21.4 Å². The van der Waals surface area contributed by atoms with E-state index in [-0.39, 0.29) is 22.8 Å². The summed E-state index contributed by atoms with van der Waals surface area (Å²) in [7, 11) is -3.30. The van der Waals surface area contributed by atoms with E-state index in [4.69, 9.17) is 4.74 Å². The van der Waals surface area contributed by atoms with Gasteiger partial charge in [-0.05, 0) is 54.4 Å². The number of fused-ring (bicyclic) bond motifs is 1. The molecule has 0 aliphatic carbocycles. The lowest BCUT2D eigenvalue weighted by molar-refractivity contribution is 0.439. The van der Waals surface area contributed by atoms with Crippen molar-refractivity contribution in [2.24, 2.45) is 0 Å². The molecule has 0 saturated carbocycles. The summed E-state index contributed by atoms with van der Waals surface area (Å²) in [5.74, 6) is -1.73. The molecule has 0 unspecified atom stereocenters. The first-order valence-electron chi connectivity index (χ1n) is 9.54. The molecule has 0 bridgehead atoms. The van der Waals surface area contributed by atoms with E-state index in [0.717, 1.165) is 12.3 Å². The average Bonchev–Trinajstić information content (AvgIpc) is 2.70. The van der Waals surface area contributed by atoms with E-state index < -0.39 is 21.5 Å². The zero-order chi connectivity index (χ0) is 23.0. The van der Waals surface area contributed by atoms with Crippen molar-refractivity contribution in [2.45, 2.75) is 12.7 Å². The second-order valence-electron chi connectivity index (χ2n) is 7.46. The Balaban J connectivity index is 1.87. The molecule has 1 aromatic heterocycles. The van der Waals surface area contributed by atoms with Gasteiger partial charge in [-0.3, -0.25) is 4.79 Å². The lowest BCUT2D eigenvalue weighted by Crippen LogP contribution is -2.11. The molecule has 0 amide bonds. The Labute approximate surface area is 182 Å². The summed E-state index contributed by atoms with van der Waals surface area (Å²) in [6.07, 6.45) is 1.13. The molecule has 0 aliphatic heterocycles. The van der Waals surface area contributed by atoms with Crippen LogP contribution in [0.15, 0.2) is 59.4 Å². The van der Waals surface area contributed by atoms with E-state index in [1.54, 1.807) is 37.3 Å². The van der Waals surface area contributed by atoms with Gasteiger partial charge in [0.05, 0.1) is 16.8 Å². The van der Waals surface area contributed by atoms with Crippen molar-refractivity contribution in [3.63, 3.8) is 0 Å². The highest BCUT2D eigenvalue weighted by molar-refractivity contribution is 7.89. The van der Waals surface area contributed by atoms with Crippen LogP contribution in [0.2, 0.25) is 0 Å². The van der Waals surface area contributed by atoms with Crippen LogP contribution in [-0.2, 0) is 15.6 Å². The lowest BCUT2D eigenvalue weighted by Gasteiger charge is -2.14. The van der Waals surface area contributed by atoms with Crippen LogP contribution in [0, 0.1) is 18.6 Å². The number of hydrogen-bond donors (Lipinski definition) is 1. The van der Waals surface area contributed by atoms with Gasteiger partial charge in [0, 0.05) is 17.9 Å². The summed E-state index contributed by atoms with van der Waals surface area (Å²) < 4.78 is 56.7. The Morgan fingerprint density at radius 1 is 1.00 bits per heavy atom. The number of aryl methyl sites for hydroxylation is 1. The Bertz CT molecular complexity index is 1510. The van der Waals surface area contributed by atoms with Gasteiger partial charge in [0.2, 0.25) is 0 Å². The fraction of sp³-hybridized carbons (Fsp3) is 0.130. The molecular weight excluding hydrogens is 438 g/mol. The third-order valence-corrected chi connectivity index (χ3v) is 5.62. The minimum Gasteiger partial charge on any atom is -0.454 e. The van der Waals surface area contributed by atoms with Gasteiger partial charge in [-0.15, -0.1) is 0 Å². The lowest BCUT2D eigenvalue weighted by atomic mass is 10.0. The molecule has 0 fully saturated rings. The Morgan fingerprint density at radius 3 is 2.47 bits per heavy atom. The largest absolute Gasteiger partial charge is 0.454 e. The quantitative estimate of drug-likeness (QED) is 0.477. The summed E-state index contributed by atoms with van der Waals surface area (Å²) in [6.45, 7) is 1.59. The molecule has 4 rings (SSSR count). The number of nitrogens with zero attached hydrogens (tertiary/aromatic N) is 1. The van der Waals surface area contributed by atoms with Crippen molar-refractivity contribution in [2.75, 3.05) is 6.26 Å². The van der Waals surface area contributed by atoms with Crippen LogP contribution in [0.5, 0.6) is 11.5 Å². The molecular formula is C23H18F2N2O4S. The minimum atomic E-state index is -3.30. The maximum absolute atomic E-state index is 14.2. The van der Waals surface area contributed by atoms with Gasteiger partial charge in [-0.1, -0.05) is 12.1 Å². The predicted molar refractivity (Wildman–Crippen MR) is 118 cm³/mol. The van der Waals surface area contributed by atoms with Crippen molar-refractivity contribution in [3.05, 3.63) is 87.8 Å². The van der Waals surface area contributed by atoms with E-state index in [2.05, 4.69) is 9.97 Å². The Morgan fingerprint density at radius 2 is 1.75 bits per heavy atom. The first-order valence-corrected chi connectivity index (χ1v) is 11.6. The first-order chi connectivity index (χ1) is 15.1. The van der Waals surface area contributed by atoms with E-state index in [0.29, 0.717) is 39.5 Å². The van der Waals surface area contributed by atoms with Gasteiger partial charge < -0.3 is 9.72 Å². The molecule has 1 heterocycles. The van der Waals surface area contributed by atoms with Crippen molar-refractivity contribution >= 4 is 20.9 Å². The third-order valence-electron chi connectivity index (χ3n) is 4.76. The number of benzene rings is 3. The Kier molecular flexibility index (Phi) is 5.52. The summed E-state index contributed by atoms with van der Waals surface area (Å²) in [5, 5.41) is 0. The number of rotatable bonds is 5. The number of nitrogens with one attached hydrogen (secondary N) is 1. The van der Waals surface area contributed by atoms with Crippen LogP contribution in [0.3, 0.4) is 0 Å². The standard InChI is InChI=1S/C23H18F2N2O4S/c1-13-23(28)27-19-6-4-15(10-20(19)26-13)17-9-14(12-32(2,29)30)3-7-21(17)31-22-8-5-16(24)11-18(22)25/h3-11H,12H2,1-2H3,(H,27,28). The Hall–Kier alpha value is -3.59. The van der Waals surface area contributed by atoms with E-state index in [1.165, 1.54) is 12.1 Å². The highest BCUT2D eigenvalue weighted by Crippen LogP contribution is 2.36. The molecule has 32 heavy (non-hydrogen) atoms. The smallest absolute Gasteiger partial charge is 0.269 e. The first kappa shape index (κ1) is 21.6. The van der Waals surface area contributed by atoms with Gasteiger partial charge >= 0.3 is 0 Å². The van der Waals surface area contributed by atoms with Crippen molar-refractivity contribution in [1.29, 1.82) is 0 Å². The summed E-state index contributed by atoms with van der Waals surface area (Å²) >= 11 is 0. The summed E-state index contributed by atoms with van der Waals surface area (Å²) in [6, 6.07) is 12.8. The fourth-order valence-corrected chi connectivity index (χ4v) is 4.09. The maximum atomic E-state index is 14.2. The number of hydrogen-bond acceptors (Lipinski definition) is 5. The zero-order valence-corrected chi connectivity index (χ0v) is 18.0. The van der Waals surface area contributed by atoms with E-state index in [9.17, 15) is 22.0 Å². The topological polar surface area (TPSA) is 89.1 Å².